The molecule has 3 nitrogen and oxygen atoms in total. The highest BCUT2D eigenvalue weighted by Crippen LogP contribution is 2.38. The number of rotatable bonds is 2. The molecule has 84 valence electrons. The molecule has 0 aliphatic heterocycles. The number of allylic oxidation sites excluding steroid dienone is 1. The molecule has 0 aromatic heterocycles. The Bertz CT molecular complexity index is 338. The predicted molar refractivity (Wildman–Crippen MR) is 58.3 cm³/mol. The fraction of sp³-hybridized carbons (Fsp3) is 0.583. The summed E-state index contributed by atoms with van der Waals surface area (Å²) in [4.78, 5) is 10.8. The maximum absolute atomic E-state index is 10.8. The Balaban J connectivity index is 2.96. The van der Waals surface area contributed by atoms with Gasteiger partial charge in [-0.1, -0.05) is 5.57 Å². The van der Waals surface area contributed by atoms with Crippen LogP contribution in [0.1, 0.15) is 34.6 Å². The minimum absolute atomic E-state index is 0.283. The minimum atomic E-state index is -0.872. The lowest BCUT2D eigenvalue weighted by molar-refractivity contribution is -0.143. The summed E-state index contributed by atoms with van der Waals surface area (Å²) < 4.78 is 5.10. The number of carbonyl (C=O) groups excluding carboxylic acids is 1. The van der Waals surface area contributed by atoms with Gasteiger partial charge in [-0.05, 0) is 39.3 Å². The third kappa shape index (κ3) is 2.48. The Kier molecular flexibility index (Phi) is 3.05. The minimum Gasteiger partial charge on any atom is -0.453 e. The van der Waals surface area contributed by atoms with E-state index in [1.54, 1.807) is 19.9 Å². The molecule has 0 amide bonds. The number of ether oxygens (including phenoxy) is 1. The van der Waals surface area contributed by atoms with Gasteiger partial charge in [0.2, 0.25) is 0 Å². The summed E-state index contributed by atoms with van der Waals surface area (Å²) in [6, 6.07) is 0. The first-order chi connectivity index (χ1) is 6.73. The monoisotopic (exact) mass is 210 g/mol. The van der Waals surface area contributed by atoms with Gasteiger partial charge in [0.1, 0.15) is 6.10 Å². The fourth-order valence-electron chi connectivity index (χ4n) is 1.74. The van der Waals surface area contributed by atoms with E-state index in [-0.39, 0.29) is 12.1 Å². The van der Waals surface area contributed by atoms with Crippen LogP contribution < -0.4 is 0 Å². The average molecular weight is 210 g/mol. The molecule has 0 saturated carbocycles. The maximum atomic E-state index is 10.8. The highest BCUT2D eigenvalue weighted by atomic mass is 16.5. The number of carbonyl (C=O) groups is 1. The largest absolute Gasteiger partial charge is 0.453 e. The number of hydrogen-bond donors (Lipinski definition) is 1. The van der Waals surface area contributed by atoms with Gasteiger partial charge in [-0.3, -0.25) is 4.79 Å². The van der Waals surface area contributed by atoms with Crippen LogP contribution >= 0.6 is 0 Å². The first-order valence-electron chi connectivity index (χ1n) is 5.03. The molecule has 1 rings (SSSR count). The summed E-state index contributed by atoms with van der Waals surface area (Å²) in [6.45, 7) is 8.74. The van der Waals surface area contributed by atoms with E-state index < -0.39 is 5.60 Å². The molecule has 0 radical (unpaired) electrons. The molecule has 0 heterocycles. The summed E-state index contributed by atoms with van der Waals surface area (Å²) in [6.07, 6.45) is 1.51. The third-order valence-electron chi connectivity index (χ3n) is 2.38. The van der Waals surface area contributed by atoms with Gasteiger partial charge in [0.05, 0.1) is 5.60 Å². The van der Waals surface area contributed by atoms with Gasteiger partial charge in [0.25, 0.3) is 0 Å². The lowest BCUT2D eigenvalue weighted by Gasteiger charge is -2.36. The van der Waals surface area contributed by atoms with Gasteiger partial charge in [0.15, 0.2) is 0 Å². The van der Waals surface area contributed by atoms with Crippen molar-refractivity contribution in [3.8, 4) is 0 Å². The van der Waals surface area contributed by atoms with Crippen molar-refractivity contribution in [2.75, 3.05) is 0 Å². The van der Waals surface area contributed by atoms with Crippen molar-refractivity contribution >= 4 is 5.97 Å². The van der Waals surface area contributed by atoms with E-state index in [0.29, 0.717) is 0 Å². The van der Waals surface area contributed by atoms with Gasteiger partial charge in [-0.15, -0.1) is 0 Å². The Morgan fingerprint density at radius 1 is 1.40 bits per heavy atom. The zero-order valence-corrected chi connectivity index (χ0v) is 9.92. The van der Waals surface area contributed by atoms with Gasteiger partial charge >= 0.3 is 5.97 Å². The molecule has 0 saturated heterocycles. The van der Waals surface area contributed by atoms with Gasteiger partial charge in [-0.25, -0.2) is 0 Å². The van der Waals surface area contributed by atoms with E-state index >= 15 is 0 Å². The molecule has 0 aromatic carbocycles. The molecule has 0 bridgehead atoms. The second-order valence-corrected chi connectivity index (χ2v) is 4.58. The topological polar surface area (TPSA) is 46.5 Å². The van der Waals surface area contributed by atoms with Crippen molar-refractivity contribution in [2.24, 2.45) is 0 Å². The zero-order valence-electron chi connectivity index (χ0n) is 9.92. The first kappa shape index (κ1) is 12.0. The van der Waals surface area contributed by atoms with Gasteiger partial charge in [-0.2, -0.15) is 0 Å². The normalized spacial score (nSPS) is 20.5. The molecule has 0 spiro atoms. The van der Waals surface area contributed by atoms with Crippen LogP contribution in [-0.4, -0.2) is 22.8 Å². The molecular formula is C12H18O3. The SMILES string of the molecule is CC(=O)OC1C=C(C(C)(C)O)C1=C(C)C. The van der Waals surface area contributed by atoms with Crippen molar-refractivity contribution in [1.29, 1.82) is 0 Å². The quantitative estimate of drug-likeness (QED) is 0.709. The second-order valence-electron chi connectivity index (χ2n) is 4.58. The van der Waals surface area contributed by atoms with Crippen molar-refractivity contribution in [1.82, 2.24) is 0 Å². The lowest BCUT2D eigenvalue weighted by atomic mass is 9.77. The number of esters is 1. The highest BCUT2D eigenvalue weighted by Gasteiger charge is 2.37. The van der Waals surface area contributed by atoms with Gasteiger partial charge in [0, 0.05) is 12.5 Å². The molecule has 0 fully saturated rings. The van der Waals surface area contributed by atoms with Crippen LogP contribution in [0.2, 0.25) is 0 Å². The van der Waals surface area contributed by atoms with Crippen molar-refractivity contribution in [2.45, 2.75) is 46.3 Å². The molecule has 15 heavy (non-hydrogen) atoms. The van der Waals surface area contributed by atoms with Crippen LogP contribution in [0.5, 0.6) is 0 Å². The van der Waals surface area contributed by atoms with Crippen molar-refractivity contribution in [3.63, 3.8) is 0 Å². The van der Waals surface area contributed by atoms with E-state index in [1.807, 2.05) is 13.8 Å². The van der Waals surface area contributed by atoms with E-state index in [2.05, 4.69) is 0 Å². The second kappa shape index (κ2) is 3.81. The molecule has 1 aliphatic rings. The Labute approximate surface area is 90.4 Å². The summed E-state index contributed by atoms with van der Waals surface area (Å²) >= 11 is 0. The summed E-state index contributed by atoms with van der Waals surface area (Å²) in [5, 5.41) is 9.87. The average Bonchev–Trinajstić information content (AvgIpc) is 1.92. The number of aliphatic hydroxyl groups is 1. The van der Waals surface area contributed by atoms with Crippen LogP contribution in [0.4, 0.5) is 0 Å². The lowest BCUT2D eigenvalue weighted by Crippen LogP contribution is -2.37. The number of hydrogen-bond acceptors (Lipinski definition) is 3. The van der Waals surface area contributed by atoms with E-state index in [4.69, 9.17) is 4.74 Å². The van der Waals surface area contributed by atoms with Crippen LogP contribution in [0, 0.1) is 0 Å². The Hall–Kier alpha value is -1.09. The molecule has 0 aromatic rings. The predicted octanol–water partition coefficient (Wildman–Crippen LogP) is 1.97. The van der Waals surface area contributed by atoms with Crippen LogP contribution in [0.15, 0.2) is 22.8 Å². The zero-order chi connectivity index (χ0) is 11.8. The summed E-state index contributed by atoms with van der Waals surface area (Å²) in [5.41, 5.74) is 2.00. The molecular weight excluding hydrogens is 192 g/mol. The molecule has 3 heteroatoms. The van der Waals surface area contributed by atoms with Gasteiger partial charge < -0.3 is 9.84 Å². The molecule has 1 N–H and O–H groups in total. The maximum Gasteiger partial charge on any atom is 0.303 e. The molecule has 1 aliphatic carbocycles. The van der Waals surface area contributed by atoms with E-state index in [1.165, 1.54) is 6.92 Å². The van der Waals surface area contributed by atoms with E-state index in [9.17, 15) is 9.90 Å². The molecule has 1 unspecified atom stereocenters. The first-order valence-corrected chi connectivity index (χ1v) is 5.03. The van der Waals surface area contributed by atoms with E-state index in [0.717, 1.165) is 16.7 Å². The van der Waals surface area contributed by atoms with Crippen molar-refractivity contribution in [3.05, 3.63) is 22.8 Å². The Morgan fingerprint density at radius 2 is 1.93 bits per heavy atom. The highest BCUT2D eigenvalue weighted by molar-refractivity contribution is 5.68. The van der Waals surface area contributed by atoms with Crippen LogP contribution in [-0.2, 0) is 9.53 Å². The van der Waals surface area contributed by atoms with Crippen molar-refractivity contribution < 1.29 is 14.6 Å². The fourth-order valence-corrected chi connectivity index (χ4v) is 1.74. The van der Waals surface area contributed by atoms with Crippen LogP contribution in [0.25, 0.3) is 0 Å². The smallest absolute Gasteiger partial charge is 0.303 e. The summed E-state index contributed by atoms with van der Waals surface area (Å²) in [5.74, 6) is -0.301. The third-order valence-corrected chi connectivity index (χ3v) is 2.38. The van der Waals surface area contributed by atoms with Crippen LogP contribution in [0.3, 0.4) is 0 Å². The standard InChI is InChI=1S/C12H18O3/c1-7(2)11-9(12(4,5)14)6-10(11)15-8(3)13/h6,10,14H,1-5H3. The molecule has 1 atom stereocenters. The summed E-state index contributed by atoms with van der Waals surface area (Å²) in [7, 11) is 0. The Morgan fingerprint density at radius 3 is 2.27 bits per heavy atom.